The molecule has 2 aliphatic heterocycles. The van der Waals surface area contributed by atoms with Crippen LogP contribution < -0.4 is 20.3 Å². The van der Waals surface area contributed by atoms with Crippen LogP contribution in [-0.2, 0) is 0 Å². The summed E-state index contributed by atoms with van der Waals surface area (Å²) in [6.45, 7) is 28.7. The number of piperidine rings is 1. The van der Waals surface area contributed by atoms with Crippen molar-refractivity contribution in [2.24, 2.45) is 9.98 Å². The number of anilines is 1. The molecule has 3 fully saturated rings. The van der Waals surface area contributed by atoms with Crippen LogP contribution in [-0.4, -0.2) is 105 Å². The molecule has 2 aromatic rings. The number of nitrogens with one attached hydrogen (secondary N) is 2. The van der Waals surface area contributed by atoms with Crippen LogP contribution in [0.5, 0.6) is 5.75 Å². The highest BCUT2D eigenvalue weighted by Crippen LogP contribution is 2.33. The molecule has 0 radical (unpaired) electrons. The van der Waals surface area contributed by atoms with E-state index in [4.69, 9.17) is 9.73 Å². The lowest BCUT2D eigenvalue weighted by Crippen LogP contribution is -2.54. The van der Waals surface area contributed by atoms with Gasteiger partial charge in [0.1, 0.15) is 17.7 Å². The fraction of sp³-hybridized carbons (Fsp3) is 0.417. The monoisotopic (exact) mass is 803 g/mol. The second-order valence-corrected chi connectivity index (χ2v) is 16.6. The molecule has 58 heavy (non-hydrogen) atoms. The van der Waals surface area contributed by atoms with Crippen molar-refractivity contribution in [1.29, 1.82) is 0 Å². The van der Waals surface area contributed by atoms with Crippen LogP contribution in [0.3, 0.4) is 0 Å². The van der Waals surface area contributed by atoms with Gasteiger partial charge in [-0.25, -0.2) is 9.30 Å². The van der Waals surface area contributed by atoms with Crippen molar-refractivity contribution in [2.75, 3.05) is 58.9 Å². The lowest BCUT2D eigenvalue weighted by atomic mass is 9.99. The van der Waals surface area contributed by atoms with E-state index in [-0.39, 0.29) is 12.1 Å². The summed E-state index contributed by atoms with van der Waals surface area (Å²) in [6, 6.07) is 16.2. The number of hydrogen-bond acceptors (Lipinski definition) is 10. The SMILES string of the molecule is C=C\C=C/C(/C=N\CNC1CCN(Sc2ccc(OC3CN(c4ccc(C(=C)N(C)C(C=C)CCC(=C)NC)c(C=C)c4)C3)cc2)CC1)=C(/N=C)N(C)C1CCCC1. The summed E-state index contributed by atoms with van der Waals surface area (Å²) in [5.74, 6) is 1.79. The number of allylic oxidation sites excluding steroid dienone is 5. The third kappa shape index (κ3) is 12.1. The molecule has 0 bridgehead atoms. The molecule has 5 rings (SSSR count). The van der Waals surface area contributed by atoms with Crippen LogP contribution in [0.1, 0.15) is 62.5 Å². The highest BCUT2D eigenvalue weighted by Gasteiger charge is 2.30. The largest absolute Gasteiger partial charge is 0.487 e. The van der Waals surface area contributed by atoms with Crippen molar-refractivity contribution in [1.82, 2.24) is 24.7 Å². The molecule has 310 valence electrons. The second kappa shape index (κ2) is 22.4. The van der Waals surface area contributed by atoms with Gasteiger partial charge >= 0.3 is 0 Å². The zero-order valence-corrected chi connectivity index (χ0v) is 36.1. The minimum Gasteiger partial charge on any atom is -0.487 e. The van der Waals surface area contributed by atoms with Gasteiger partial charge in [0.25, 0.3) is 0 Å². The standard InChI is InChI=1S/C48H66N8OS/c1-10-13-16-39(48(50-7)54(9)42-17-14-15-18-42)32-51-35-52-40-27-29-56(30-28-40)58-46-24-22-44(23-25-46)57-45-33-55(34-45)43-21-26-47(38(11-2)31-43)37(5)53(8)41(12-3)20-19-36(4)49-6/h10-13,16,21-26,31-32,40-42,45,49,52H,1-5,7,14-15,17-20,27-30,33-35H2,6,8-9H3/b16-13-,48-39+,51-32-. The molecule has 1 atom stereocenters. The summed E-state index contributed by atoms with van der Waals surface area (Å²) in [5, 5.41) is 6.78. The molecule has 0 amide bonds. The number of nitrogens with zero attached hydrogens (tertiary/aromatic N) is 6. The summed E-state index contributed by atoms with van der Waals surface area (Å²) in [7, 11) is 6.10. The number of likely N-dealkylation sites (N-methyl/N-ethyl adjacent to an activating group) is 1. The number of ether oxygens (including phenoxy) is 1. The molecule has 1 unspecified atom stereocenters. The number of benzene rings is 2. The maximum absolute atomic E-state index is 6.37. The maximum Gasteiger partial charge on any atom is 0.136 e. The quantitative estimate of drug-likeness (QED) is 0.0499. The van der Waals surface area contributed by atoms with Gasteiger partial charge in [-0.3, -0.25) is 10.3 Å². The van der Waals surface area contributed by atoms with Crippen molar-refractivity contribution in [3.63, 3.8) is 0 Å². The lowest BCUT2D eigenvalue weighted by molar-refractivity contribution is 0.167. The first-order chi connectivity index (χ1) is 28.2. The topological polar surface area (TPSA) is 71.0 Å². The molecular formula is C48H66N8OS. The van der Waals surface area contributed by atoms with Crippen molar-refractivity contribution in [3.8, 4) is 5.75 Å². The summed E-state index contributed by atoms with van der Waals surface area (Å²) in [6.07, 6.45) is 20.6. The molecule has 2 saturated heterocycles. The van der Waals surface area contributed by atoms with Crippen LogP contribution in [0.2, 0.25) is 0 Å². The molecule has 1 saturated carbocycles. The Bertz CT molecular complexity index is 1810. The number of hydrogen-bond donors (Lipinski definition) is 2. The Hall–Kier alpha value is -4.77. The lowest BCUT2D eigenvalue weighted by Gasteiger charge is -2.41. The van der Waals surface area contributed by atoms with Gasteiger partial charge in [-0.05, 0) is 105 Å². The minimum absolute atomic E-state index is 0.146. The van der Waals surface area contributed by atoms with Gasteiger partial charge in [0.15, 0.2) is 0 Å². The first kappa shape index (κ1) is 44.3. The van der Waals surface area contributed by atoms with E-state index in [0.717, 1.165) is 91.5 Å². The maximum atomic E-state index is 6.37. The van der Waals surface area contributed by atoms with E-state index < -0.39 is 0 Å². The Labute approximate surface area is 353 Å². The van der Waals surface area contributed by atoms with E-state index in [9.17, 15) is 0 Å². The smallest absolute Gasteiger partial charge is 0.136 e. The molecule has 2 N–H and O–H groups in total. The molecule has 10 heteroatoms. The van der Waals surface area contributed by atoms with E-state index in [1.54, 1.807) is 6.08 Å². The van der Waals surface area contributed by atoms with Gasteiger partial charge in [-0.15, -0.1) is 6.58 Å². The third-order valence-electron chi connectivity index (χ3n) is 11.6. The van der Waals surface area contributed by atoms with Crippen LogP contribution in [0.4, 0.5) is 5.69 Å². The first-order valence-electron chi connectivity index (χ1n) is 20.7. The zero-order chi connectivity index (χ0) is 41.4. The van der Waals surface area contributed by atoms with Crippen LogP contribution in [0.15, 0.2) is 132 Å². The Morgan fingerprint density at radius 2 is 1.74 bits per heavy atom. The molecule has 0 aromatic heterocycles. The Morgan fingerprint density at radius 1 is 1.02 bits per heavy atom. The molecule has 2 heterocycles. The summed E-state index contributed by atoms with van der Waals surface area (Å²) >= 11 is 1.83. The normalized spacial score (nSPS) is 17.7. The van der Waals surface area contributed by atoms with E-state index in [0.29, 0.717) is 18.8 Å². The Morgan fingerprint density at radius 3 is 2.38 bits per heavy atom. The molecule has 0 spiro atoms. The minimum atomic E-state index is 0.146. The van der Waals surface area contributed by atoms with Crippen molar-refractivity contribution >= 4 is 42.3 Å². The highest BCUT2D eigenvalue weighted by molar-refractivity contribution is 7.97. The van der Waals surface area contributed by atoms with E-state index in [1.807, 2.05) is 49.5 Å². The average Bonchev–Trinajstić information content (AvgIpc) is 3.79. The third-order valence-corrected chi connectivity index (χ3v) is 12.7. The zero-order valence-electron chi connectivity index (χ0n) is 35.2. The first-order valence-corrected chi connectivity index (χ1v) is 21.5. The van der Waals surface area contributed by atoms with E-state index in [1.165, 1.54) is 36.3 Å². The Kier molecular flexibility index (Phi) is 17.1. The molecule has 9 nitrogen and oxygen atoms in total. The van der Waals surface area contributed by atoms with Crippen LogP contribution in [0.25, 0.3) is 11.8 Å². The van der Waals surface area contributed by atoms with Crippen LogP contribution in [0, 0.1) is 0 Å². The van der Waals surface area contributed by atoms with Gasteiger partial charge in [-0.2, -0.15) is 0 Å². The van der Waals surface area contributed by atoms with E-state index in [2.05, 4.69) is 131 Å². The van der Waals surface area contributed by atoms with Crippen molar-refractivity contribution in [3.05, 3.63) is 128 Å². The number of aliphatic imine (C=N–C) groups is 2. The van der Waals surface area contributed by atoms with Gasteiger partial charge in [-0.1, -0.05) is 69.5 Å². The molecule has 2 aromatic carbocycles. The summed E-state index contributed by atoms with van der Waals surface area (Å²) in [4.78, 5) is 17.2. The van der Waals surface area contributed by atoms with Crippen molar-refractivity contribution in [2.45, 2.75) is 80.5 Å². The van der Waals surface area contributed by atoms with E-state index >= 15 is 0 Å². The average molecular weight is 803 g/mol. The molecule has 3 aliphatic rings. The summed E-state index contributed by atoms with van der Waals surface area (Å²) < 4.78 is 8.82. The fourth-order valence-electron chi connectivity index (χ4n) is 7.82. The van der Waals surface area contributed by atoms with Crippen molar-refractivity contribution < 1.29 is 4.74 Å². The predicted molar refractivity (Wildman–Crippen MR) is 251 cm³/mol. The van der Waals surface area contributed by atoms with Crippen LogP contribution >= 0.6 is 11.9 Å². The highest BCUT2D eigenvalue weighted by atomic mass is 32.2. The molecular weight excluding hydrogens is 737 g/mol. The predicted octanol–water partition coefficient (Wildman–Crippen LogP) is 9.19. The van der Waals surface area contributed by atoms with Gasteiger partial charge in [0.2, 0.25) is 0 Å². The number of rotatable bonds is 23. The van der Waals surface area contributed by atoms with Gasteiger partial charge < -0.3 is 24.8 Å². The molecule has 1 aliphatic carbocycles. The summed E-state index contributed by atoms with van der Waals surface area (Å²) in [5.41, 5.74) is 6.23. The Balaban J connectivity index is 1.03. The van der Waals surface area contributed by atoms with Gasteiger partial charge in [0.05, 0.1) is 19.8 Å². The fourth-order valence-corrected chi connectivity index (χ4v) is 8.77. The second-order valence-electron chi connectivity index (χ2n) is 15.4. The van der Waals surface area contributed by atoms with Gasteiger partial charge in [0, 0.05) is 91.7 Å².